The molecule has 1 saturated carbocycles. The molecule has 0 aliphatic heterocycles. The smallest absolute Gasteiger partial charge is 0.333 e. The summed E-state index contributed by atoms with van der Waals surface area (Å²) in [6, 6.07) is 17.8. The average molecular weight is 985 g/mol. The number of ether oxygens (including phenoxy) is 7. The van der Waals surface area contributed by atoms with Crippen molar-refractivity contribution in [2.24, 2.45) is 22.2 Å². The van der Waals surface area contributed by atoms with Crippen LogP contribution in [0, 0.1) is 28.0 Å². The van der Waals surface area contributed by atoms with Crippen LogP contribution in [0.25, 0.3) is 22.3 Å². The summed E-state index contributed by atoms with van der Waals surface area (Å²) in [4.78, 5) is 77.8. The second-order valence-electron chi connectivity index (χ2n) is 19.7. The predicted octanol–water partition coefficient (Wildman–Crippen LogP) is 11.4. The van der Waals surface area contributed by atoms with Crippen LogP contribution in [-0.2, 0) is 63.8 Å². The maximum Gasteiger partial charge on any atom is 0.333 e. The van der Waals surface area contributed by atoms with E-state index in [0.717, 1.165) is 37.2 Å². The number of carbonyl (C=O) groups is 6. The molecule has 4 rings (SSSR count). The molecule has 0 N–H and O–H groups in total. The SMILES string of the molecule is C=C(C)C(=O)OCc1cc(-c2ccc(C3CCC(CCCCC)CC3)cc2F)ccc1-c1ccc(OCC(COC(=O)C(=C)C)(COC(=O)C(C)(C)C(=O)OCC)COC(=O)C(C)(C)C(=O)OCC)cc1. The lowest BCUT2D eigenvalue weighted by molar-refractivity contribution is -0.179. The van der Waals surface area contributed by atoms with Crippen molar-refractivity contribution in [1.82, 2.24) is 0 Å². The minimum absolute atomic E-state index is 0.0126. The summed E-state index contributed by atoms with van der Waals surface area (Å²) in [5, 5.41) is 0. The second kappa shape index (κ2) is 26.2. The van der Waals surface area contributed by atoms with Crippen molar-refractivity contribution in [2.45, 2.75) is 126 Å². The first-order chi connectivity index (χ1) is 33.6. The van der Waals surface area contributed by atoms with E-state index < -0.39 is 78.5 Å². The molecular weight excluding hydrogens is 912 g/mol. The maximum absolute atomic E-state index is 16.0. The third kappa shape index (κ3) is 15.8. The summed E-state index contributed by atoms with van der Waals surface area (Å²) in [6.07, 6.45) is 9.45. The Morgan fingerprint density at radius 3 is 1.62 bits per heavy atom. The lowest BCUT2D eigenvalue weighted by atomic mass is 9.77. The van der Waals surface area contributed by atoms with E-state index in [0.29, 0.717) is 39.5 Å². The molecule has 0 spiro atoms. The molecule has 0 atom stereocenters. The number of unbranched alkanes of at least 4 members (excludes halogenated alkanes) is 2. The number of rotatable bonds is 26. The highest BCUT2D eigenvalue weighted by molar-refractivity contribution is 5.99. The molecule has 14 heteroatoms. The van der Waals surface area contributed by atoms with Gasteiger partial charge in [0.2, 0.25) is 0 Å². The van der Waals surface area contributed by atoms with E-state index in [2.05, 4.69) is 20.1 Å². The van der Waals surface area contributed by atoms with E-state index in [9.17, 15) is 28.8 Å². The van der Waals surface area contributed by atoms with Crippen LogP contribution in [0.5, 0.6) is 5.75 Å². The fraction of sp³-hybridized carbons (Fsp3) is 0.509. The lowest BCUT2D eigenvalue weighted by Crippen LogP contribution is -2.47. The molecule has 0 saturated heterocycles. The van der Waals surface area contributed by atoms with Gasteiger partial charge in [-0.05, 0) is 145 Å². The number of hydrogen-bond acceptors (Lipinski definition) is 13. The summed E-state index contributed by atoms with van der Waals surface area (Å²) in [5.74, 6) is -3.97. The fourth-order valence-electron chi connectivity index (χ4n) is 8.06. The van der Waals surface area contributed by atoms with Crippen LogP contribution in [0.3, 0.4) is 0 Å². The van der Waals surface area contributed by atoms with Gasteiger partial charge in [0.15, 0.2) is 10.8 Å². The van der Waals surface area contributed by atoms with E-state index in [1.165, 1.54) is 60.3 Å². The Labute approximate surface area is 418 Å². The average Bonchev–Trinajstić information content (AvgIpc) is 3.35. The van der Waals surface area contributed by atoms with Crippen LogP contribution in [0.4, 0.5) is 4.39 Å². The molecule has 1 aliphatic carbocycles. The molecule has 1 aliphatic rings. The largest absolute Gasteiger partial charge is 0.493 e. The summed E-state index contributed by atoms with van der Waals surface area (Å²) in [7, 11) is 0. The van der Waals surface area contributed by atoms with Gasteiger partial charge in [-0.3, -0.25) is 19.2 Å². The number of esters is 6. The lowest BCUT2D eigenvalue weighted by Gasteiger charge is -2.34. The first-order valence-electron chi connectivity index (χ1n) is 24.6. The zero-order chi connectivity index (χ0) is 52.5. The van der Waals surface area contributed by atoms with Gasteiger partial charge in [-0.1, -0.05) is 82.2 Å². The Hall–Kier alpha value is -6.31. The Bertz CT molecular complexity index is 2330. The van der Waals surface area contributed by atoms with Gasteiger partial charge in [0.25, 0.3) is 0 Å². The third-order valence-electron chi connectivity index (χ3n) is 12.8. The molecule has 13 nitrogen and oxygen atoms in total. The van der Waals surface area contributed by atoms with Crippen LogP contribution in [0.15, 0.2) is 85.0 Å². The third-order valence-corrected chi connectivity index (χ3v) is 12.8. The van der Waals surface area contributed by atoms with Crippen molar-refractivity contribution in [3.8, 4) is 28.0 Å². The molecule has 3 aromatic rings. The summed E-state index contributed by atoms with van der Waals surface area (Å²) in [5.41, 5.74) is -0.808. The molecule has 3 aromatic carbocycles. The Balaban J connectivity index is 1.65. The van der Waals surface area contributed by atoms with Gasteiger partial charge in [0.05, 0.1) is 13.2 Å². The van der Waals surface area contributed by atoms with Crippen LogP contribution >= 0.6 is 0 Å². The monoisotopic (exact) mass is 985 g/mol. The first kappa shape index (κ1) is 57.3. The Kier molecular flexibility index (Phi) is 21.2. The second-order valence-corrected chi connectivity index (χ2v) is 19.7. The van der Waals surface area contributed by atoms with E-state index in [1.54, 1.807) is 57.2 Å². The van der Waals surface area contributed by atoms with Gasteiger partial charge in [-0.2, -0.15) is 0 Å². The fourth-order valence-corrected chi connectivity index (χ4v) is 8.06. The minimum Gasteiger partial charge on any atom is -0.493 e. The predicted molar refractivity (Wildman–Crippen MR) is 267 cm³/mol. The highest BCUT2D eigenvalue weighted by Crippen LogP contribution is 2.40. The molecular formula is C57H73FO13. The highest BCUT2D eigenvalue weighted by atomic mass is 19.1. The number of hydrogen-bond donors (Lipinski definition) is 0. The van der Waals surface area contributed by atoms with E-state index in [1.807, 2.05) is 24.3 Å². The first-order valence-corrected chi connectivity index (χ1v) is 24.6. The standard InChI is InChI=1S/C57H73FO13/c1-12-15-16-17-39-18-20-40(21-19-39)42-24-29-47(48(58)31-42)43-25-28-46(44(30-43)32-67-49(59)37(4)5)41-22-26-45(27-23-41)68-33-57(34-69-50(60)38(6)7,35-70-53(63)55(8,9)51(61)65-13-2)36-71-54(64)56(10,11)52(62)66-14-3/h22-31,39-40H,4,6,12-21,32-36H2,1-3,5,7-11H3. The van der Waals surface area contributed by atoms with E-state index >= 15 is 4.39 Å². The zero-order valence-corrected chi connectivity index (χ0v) is 43.1. The number of halogens is 1. The Morgan fingerprint density at radius 1 is 0.592 bits per heavy atom. The molecule has 1 fully saturated rings. The van der Waals surface area contributed by atoms with Gasteiger partial charge in [-0.15, -0.1) is 0 Å². The quantitative estimate of drug-likeness (QED) is 0.0245. The maximum atomic E-state index is 16.0. The van der Waals surface area contributed by atoms with Crippen molar-refractivity contribution in [3.05, 3.63) is 102 Å². The van der Waals surface area contributed by atoms with E-state index in [4.69, 9.17) is 33.2 Å². The topological polar surface area (TPSA) is 167 Å². The van der Waals surface area contributed by atoms with Crippen LogP contribution in [0.1, 0.15) is 131 Å². The van der Waals surface area contributed by atoms with Crippen molar-refractivity contribution in [3.63, 3.8) is 0 Å². The van der Waals surface area contributed by atoms with Gasteiger partial charge in [0, 0.05) is 16.7 Å². The molecule has 0 bridgehead atoms. The van der Waals surface area contributed by atoms with Gasteiger partial charge >= 0.3 is 35.8 Å². The minimum atomic E-state index is -1.75. The van der Waals surface area contributed by atoms with E-state index in [-0.39, 0.29) is 36.8 Å². The summed E-state index contributed by atoms with van der Waals surface area (Å²) < 4.78 is 55.0. The van der Waals surface area contributed by atoms with Crippen molar-refractivity contribution >= 4 is 35.8 Å². The van der Waals surface area contributed by atoms with Gasteiger partial charge in [-0.25, -0.2) is 14.0 Å². The molecule has 71 heavy (non-hydrogen) atoms. The molecule has 0 radical (unpaired) electrons. The summed E-state index contributed by atoms with van der Waals surface area (Å²) in [6.45, 7) is 18.8. The highest BCUT2D eigenvalue weighted by Gasteiger charge is 2.45. The molecule has 0 heterocycles. The van der Waals surface area contributed by atoms with Crippen molar-refractivity contribution < 1.29 is 66.3 Å². The van der Waals surface area contributed by atoms with Crippen LogP contribution in [0.2, 0.25) is 0 Å². The number of carbonyl (C=O) groups excluding carboxylic acids is 6. The van der Waals surface area contributed by atoms with Gasteiger partial charge < -0.3 is 33.2 Å². The number of benzene rings is 3. The molecule has 0 aromatic heterocycles. The van der Waals surface area contributed by atoms with Gasteiger partial charge in [0.1, 0.15) is 50.0 Å². The van der Waals surface area contributed by atoms with Crippen LogP contribution in [-0.4, -0.2) is 75.5 Å². The molecule has 0 amide bonds. The zero-order valence-electron chi connectivity index (χ0n) is 43.1. The molecule has 386 valence electrons. The van der Waals surface area contributed by atoms with Crippen LogP contribution < -0.4 is 4.74 Å². The Morgan fingerprint density at radius 2 is 1.10 bits per heavy atom. The summed E-state index contributed by atoms with van der Waals surface area (Å²) >= 11 is 0. The van der Waals surface area contributed by atoms with Crippen molar-refractivity contribution in [2.75, 3.05) is 39.6 Å². The van der Waals surface area contributed by atoms with Crippen molar-refractivity contribution in [1.29, 1.82) is 0 Å². The molecule has 0 unspecified atom stereocenters. The normalized spacial score (nSPS) is 14.9.